The summed E-state index contributed by atoms with van der Waals surface area (Å²) < 4.78 is 63.5. The summed E-state index contributed by atoms with van der Waals surface area (Å²) in [5.74, 6) is -5.25. The number of amides is 2. The Morgan fingerprint density at radius 2 is 1.51 bits per heavy atom. The highest BCUT2D eigenvalue weighted by molar-refractivity contribution is 5.80. The molecule has 0 bridgehead atoms. The second kappa shape index (κ2) is 12.7. The first-order valence-corrected chi connectivity index (χ1v) is 10.6. The molecule has 2 N–H and O–H groups in total. The SMILES string of the molecule is CC(=O)N1CCN(Cc2ccccn2)CC2(CC(=O)N(C)C2)C1.O=C(O)C(F)(F)F.O=C(O)C(F)(F)F. The number of aromatic nitrogens is 1. The standard InChI is InChI=1S/C17H24N4O2.2C2HF3O2/c1-14(22)21-8-7-20(10-15-5-3-4-6-18-15)12-17(13-21)9-16(23)19(2)11-17;2*3-2(4,5)1(6)7/h3-6H,7-13H2,1-2H3;2*(H,6,7). The summed E-state index contributed by atoms with van der Waals surface area (Å²) in [5, 5.41) is 14.2. The number of carboxylic acid groups (broad SMARTS) is 2. The number of carboxylic acids is 2. The molecule has 2 amide bonds. The number of hydrogen-bond acceptors (Lipinski definition) is 6. The molecule has 37 heavy (non-hydrogen) atoms. The molecule has 1 atom stereocenters. The lowest BCUT2D eigenvalue weighted by molar-refractivity contribution is -0.193. The first kappa shape index (κ1) is 31.6. The average Bonchev–Trinajstić information content (AvgIpc) is 2.92. The number of carbonyl (C=O) groups excluding carboxylic acids is 2. The number of carbonyl (C=O) groups is 4. The minimum Gasteiger partial charge on any atom is -0.475 e. The predicted molar refractivity (Wildman–Crippen MR) is 114 cm³/mol. The first-order chi connectivity index (χ1) is 16.9. The molecule has 1 unspecified atom stereocenters. The fraction of sp³-hybridized carbons (Fsp3) is 0.571. The van der Waals surface area contributed by atoms with Crippen molar-refractivity contribution < 1.29 is 55.7 Å². The van der Waals surface area contributed by atoms with Crippen molar-refractivity contribution in [2.45, 2.75) is 32.2 Å². The Labute approximate surface area is 207 Å². The topological polar surface area (TPSA) is 131 Å². The van der Waals surface area contributed by atoms with Crippen LogP contribution in [-0.2, 0) is 25.7 Å². The third kappa shape index (κ3) is 10.6. The van der Waals surface area contributed by atoms with Crippen molar-refractivity contribution in [3.8, 4) is 0 Å². The summed E-state index contributed by atoms with van der Waals surface area (Å²) in [6.45, 7) is 6.10. The van der Waals surface area contributed by atoms with Crippen LogP contribution in [0.3, 0.4) is 0 Å². The maximum absolute atomic E-state index is 12.1. The zero-order valence-electron chi connectivity index (χ0n) is 19.8. The van der Waals surface area contributed by atoms with Gasteiger partial charge in [0.1, 0.15) is 0 Å². The molecule has 3 rings (SSSR count). The van der Waals surface area contributed by atoms with Crippen LogP contribution in [-0.4, -0.2) is 106 Å². The van der Waals surface area contributed by atoms with Crippen LogP contribution in [0.4, 0.5) is 26.3 Å². The van der Waals surface area contributed by atoms with Gasteiger partial charge in [0, 0.05) is 71.3 Å². The molecule has 3 heterocycles. The first-order valence-electron chi connectivity index (χ1n) is 10.6. The lowest BCUT2D eigenvalue weighted by atomic mass is 9.86. The van der Waals surface area contributed by atoms with E-state index in [1.165, 1.54) is 0 Å². The fourth-order valence-corrected chi connectivity index (χ4v) is 3.79. The van der Waals surface area contributed by atoms with Crippen LogP contribution in [0.5, 0.6) is 0 Å². The molecule has 2 aliphatic heterocycles. The number of hydrogen-bond donors (Lipinski definition) is 2. The third-order valence-corrected chi connectivity index (χ3v) is 5.34. The Hall–Kier alpha value is -3.43. The molecule has 208 valence electrons. The molecule has 0 aromatic carbocycles. The summed E-state index contributed by atoms with van der Waals surface area (Å²) in [5.41, 5.74) is 0.861. The Morgan fingerprint density at radius 1 is 0.973 bits per heavy atom. The van der Waals surface area contributed by atoms with Gasteiger partial charge in [0.25, 0.3) is 0 Å². The molecule has 1 spiro atoms. The van der Waals surface area contributed by atoms with Crippen molar-refractivity contribution in [1.82, 2.24) is 19.7 Å². The summed E-state index contributed by atoms with van der Waals surface area (Å²) >= 11 is 0. The monoisotopic (exact) mass is 544 g/mol. The normalized spacial score (nSPS) is 20.4. The number of alkyl halides is 6. The molecule has 10 nitrogen and oxygen atoms in total. The molecular weight excluding hydrogens is 518 g/mol. The third-order valence-electron chi connectivity index (χ3n) is 5.34. The Bertz CT molecular complexity index is 935. The highest BCUT2D eigenvalue weighted by atomic mass is 19.4. The van der Waals surface area contributed by atoms with E-state index in [4.69, 9.17) is 19.8 Å². The highest BCUT2D eigenvalue weighted by Gasteiger charge is 2.45. The van der Waals surface area contributed by atoms with Gasteiger partial charge in [-0.3, -0.25) is 19.5 Å². The van der Waals surface area contributed by atoms with E-state index in [0.29, 0.717) is 26.1 Å². The van der Waals surface area contributed by atoms with Crippen LogP contribution in [0.2, 0.25) is 0 Å². The molecule has 2 aliphatic rings. The molecule has 16 heteroatoms. The number of likely N-dealkylation sites (tertiary alicyclic amines) is 1. The van der Waals surface area contributed by atoms with Crippen LogP contribution >= 0.6 is 0 Å². The summed E-state index contributed by atoms with van der Waals surface area (Å²) in [7, 11) is 1.85. The lowest BCUT2D eigenvalue weighted by Gasteiger charge is -2.33. The molecule has 1 aromatic heterocycles. The van der Waals surface area contributed by atoms with E-state index >= 15 is 0 Å². The number of halogens is 6. The zero-order valence-corrected chi connectivity index (χ0v) is 19.8. The average molecular weight is 544 g/mol. The molecule has 2 fully saturated rings. The van der Waals surface area contributed by atoms with Gasteiger partial charge >= 0.3 is 24.3 Å². The number of pyridine rings is 1. The quantitative estimate of drug-likeness (QED) is 0.540. The van der Waals surface area contributed by atoms with E-state index < -0.39 is 24.3 Å². The molecule has 1 aromatic rings. The van der Waals surface area contributed by atoms with Gasteiger partial charge in [-0.15, -0.1) is 0 Å². The molecular formula is C21H26F6N4O6. The van der Waals surface area contributed by atoms with Crippen LogP contribution in [0.15, 0.2) is 24.4 Å². The van der Waals surface area contributed by atoms with Crippen molar-refractivity contribution in [2.24, 2.45) is 5.41 Å². The van der Waals surface area contributed by atoms with Crippen molar-refractivity contribution in [3.63, 3.8) is 0 Å². The van der Waals surface area contributed by atoms with Crippen molar-refractivity contribution >= 4 is 23.8 Å². The van der Waals surface area contributed by atoms with E-state index in [9.17, 15) is 35.9 Å². The number of nitrogens with zero attached hydrogens (tertiary/aromatic N) is 4. The van der Waals surface area contributed by atoms with Crippen LogP contribution in [0, 0.1) is 5.41 Å². The largest absolute Gasteiger partial charge is 0.490 e. The predicted octanol–water partition coefficient (Wildman–Crippen LogP) is 1.86. The second-order valence-electron chi connectivity index (χ2n) is 8.50. The maximum Gasteiger partial charge on any atom is 0.490 e. The summed E-state index contributed by atoms with van der Waals surface area (Å²) in [6.07, 6.45) is -7.84. The van der Waals surface area contributed by atoms with Crippen molar-refractivity contribution in [3.05, 3.63) is 30.1 Å². The molecule has 0 aliphatic carbocycles. The maximum atomic E-state index is 12.1. The second-order valence-corrected chi connectivity index (χ2v) is 8.50. The Balaban J connectivity index is 0.000000404. The van der Waals surface area contributed by atoms with Crippen molar-refractivity contribution in [2.75, 3.05) is 39.8 Å². The van der Waals surface area contributed by atoms with E-state index in [2.05, 4.69) is 9.88 Å². The van der Waals surface area contributed by atoms with E-state index in [1.807, 2.05) is 30.1 Å². The minimum atomic E-state index is -5.08. The molecule has 0 saturated carbocycles. The van der Waals surface area contributed by atoms with Gasteiger partial charge in [-0.2, -0.15) is 26.3 Å². The van der Waals surface area contributed by atoms with Gasteiger partial charge in [0.2, 0.25) is 11.8 Å². The minimum absolute atomic E-state index is 0.0889. The smallest absolute Gasteiger partial charge is 0.475 e. The number of rotatable bonds is 2. The molecule has 0 radical (unpaired) electrons. The van der Waals surface area contributed by atoms with Crippen LogP contribution in [0.25, 0.3) is 0 Å². The van der Waals surface area contributed by atoms with E-state index in [1.54, 1.807) is 18.0 Å². The highest BCUT2D eigenvalue weighted by Crippen LogP contribution is 2.34. The Morgan fingerprint density at radius 3 is 1.89 bits per heavy atom. The Kier molecular flexibility index (Phi) is 10.8. The summed E-state index contributed by atoms with van der Waals surface area (Å²) in [4.78, 5) is 52.2. The zero-order chi connectivity index (χ0) is 28.6. The van der Waals surface area contributed by atoms with Gasteiger partial charge in [0.15, 0.2) is 0 Å². The fourth-order valence-electron chi connectivity index (χ4n) is 3.79. The van der Waals surface area contributed by atoms with Gasteiger partial charge < -0.3 is 20.0 Å². The van der Waals surface area contributed by atoms with Gasteiger partial charge in [-0.1, -0.05) is 6.07 Å². The van der Waals surface area contributed by atoms with E-state index in [-0.39, 0.29) is 17.2 Å². The lowest BCUT2D eigenvalue weighted by Crippen LogP contribution is -2.43. The van der Waals surface area contributed by atoms with Crippen LogP contribution in [0.1, 0.15) is 19.0 Å². The van der Waals surface area contributed by atoms with E-state index in [0.717, 1.165) is 25.3 Å². The van der Waals surface area contributed by atoms with Crippen molar-refractivity contribution in [1.29, 1.82) is 0 Å². The van der Waals surface area contributed by atoms with Gasteiger partial charge in [0.05, 0.1) is 5.69 Å². The van der Waals surface area contributed by atoms with Gasteiger partial charge in [-0.25, -0.2) is 9.59 Å². The molecule has 2 saturated heterocycles. The van der Waals surface area contributed by atoms with Crippen LogP contribution < -0.4 is 0 Å². The summed E-state index contributed by atoms with van der Waals surface area (Å²) in [6, 6.07) is 5.92. The number of aliphatic carboxylic acids is 2. The van der Waals surface area contributed by atoms with Gasteiger partial charge in [-0.05, 0) is 12.1 Å².